The van der Waals surface area contributed by atoms with Crippen LogP contribution in [0.5, 0.6) is 0 Å². The summed E-state index contributed by atoms with van der Waals surface area (Å²) in [5, 5.41) is 18.5. The Hall–Kier alpha value is -1.88. The van der Waals surface area contributed by atoms with Crippen LogP contribution >= 0.6 is 0 Å². The van der Waals surface area contributed by atoms with Crippen LogP contribution in [0.4, 0.5) is 0 Å². The molecule has 0 aromatic heterocycles. The number of carboxylic acid groups (broad SMARTS) is 2. The standard InChI is InChI=1S/C15H19NO4/c1-10-3-2-4-12(9-10)13(15(19)20)16-7-5-11(6-8-16)14(17)18/h2-4,9,11,13H,5-8H2,1H3,(H,17,18)(H,19,20). The highest BCUT2D eigenvalue weighted by Gasteiger charge is 2.32. The van der Waals surface area contributed by atoms with Crippen LogP contribution in [0.15, 0.2) is 24.3 Å². The summed E-state index contributed by atoms with van der Waals surface area (Å²) < 4.78 is 0. The quantitative estimate of drug-likeness (QED) is 0.879. The molecule has 1 fully saturated rings. The number of carbonyl (C=O) groups is 2. The average molecular weight is 277 g/mol. The summed E-state index contributed by atoms with van der Waals surface area (Å²) in [5.41, 5.74) is 1.78. The second-order valence-electron chi connectivity index (χ2n) is 5.30. The third kappa shape index (κ3) is 3.17. The van der Waals surface area contributed by atoms with Crippen LogP contribution < -0.4 is 0 Å². The molecule has 1 atom stereocenters. The van der Waals surface area contributed by atoms with Gasteiger partial charge in [0, 0.05) is 13.1 Å². The van der Waals surface area contributed by atoms with E-state index < -0.39 is 18.0 Å². The topological polar surface area (TPSA) is 77.8 Å². The Kier molecular flexibility index (Phi) is 4.39. The van der Waals surface area contributed by atoms with Crippen LogP contribution in [0.25, 0.3) is 0 Å². The predicted molar refractivity (Wildman–Crippen MR) is 73.5 cm³/mol. The molecule has 1 aliphatic heterocycles. The molecule has 5 heteroatoms. The van der Waals surface area contributed by atoms with Crippen LogP contribution in [0, 0.1) is 12.8 Å². The minimum Gasteiger partial charge on any atom is -0.481 e. The fraction of sp³-hybridized carbons (Fsp3) is 0.467. The first-order valence-corrected chi connectivity index (χ1v) is 6.75. The summed E-state index contributed by atoms with van der Waals surface area (Å²) in [7, 11) is 0. The number of rotatable bonds is 4. The maximum Gasteiger partial charge on any atom is 0.325 e. The molecule has 0 saturated carbocycles. The minimum atomic E-state index is -0.885. The van der Waals surface area contributed by atoms with Crippen molar-refractivity contribution in [3.63, 3.8) is 0 Å². The van der Waals surface area contributed by atoms with Crippen LogP contribution in [0.2, 0.25) is 0 Å². The molecule has 0 amide bonds. The van der Waals surface area contributed by atoms with E-state index in [1.165, 1.54) is 0 Å². The van der Waals surface area contributed by atoms with Gasteiger partial charge >= 0.3 is 11.9 Å². The van der Waals surface area contributed by atoms with Gasteiger partial charge in [0.25, 0.3) is 0 Å². The van der Waals surface area contributed by atoms with Gasteiger partial charge in [-0.3, -0.25) is 14.5 Å². The molecule has 1 aromatic carbocycles. The lowest BCUT2D eigenvalue weighted by atomic mass is 9.94. The van der Waals surface area contributed by atoms with Gasteiger partial charge in [0.2, 0.25) is 0 Å². The molecule has 5 nitrogen and oxygen atoms in total. The zero-order chi connectivity index (χ0) is 14.7. The fourth-order valence-corrected chi connectivity index (χ4v) is 2.75. The van der Waals surface area contributed by atoms with Gasteiger partial charge in [0.15, 0.2) is 0 Å². The molecule has 2 N–H and O–H groups in total. The number of likely N-dealkylation sites (tertiary alicyclic amines) is 1. The number of hydrogen-bond acceptors (Lipinski definition) is 3. The summed E-state index contributed by atoms with van der Waals surface area (Å²) >= 11 is 0. The van der Waals surface area contributed by atoms with E-state index in [1.54, 1.807) is 0 Å². The molecule has 108 valence electrons. The number of aliphatic carboxylic acids is 2. The van der Waals surface area contributed by atoms with E-state index >= 15 is 0 Å². The molecule has 1 aliphatic rings. The van der Waals surface area contributed by atoms with Gasteiger partial charge in [0.05, 0.1) is 5.92 Å². The summed E-state index contributed by atoms with van der Waals surface area (Å²) in [4.78, 5) is 24.4. The van der Waals surface area contributed by atoms with Gasteiger partial charge in [-0.2, -0.15) is 0 Å². The monoisotopic (exact) mass is 277 g/mol. The second-order valence-corrected chi connectivity index (χ2v) is 5.30. The predicted octanol–water partition coefficient (Wildman–Crippen LogP) is 1.92. The lowest BCUT2D eigenvalue weighted by molar-refractivity contribution is -0.146. The van der Waals surface area contributed by atoms with Crippen molar-refractivity contribution >= 4 is 11.9 Å². The van der Waals surface area contributed by atoms with Crippen molar-refractivity contribution in [1.29, 1.82) is 0 Å². The Bertz CT molecular complexity index is 506. The Morgan fingerprint density at radius 1 is 1.25 bits per heavy atom. The first kappa shape index (κ1) is 14.5. The van der Waals surface area contributed by atoms with Gasteiger partial charge in [-0.15, -0.1) is 0 Å². The maximum atomic E-state index is 11.6. The molecule has 0 radical (unpaired) electrons. The second kappa shape index (κ2) is 6.05. The smallest absolute Gasteiger partial charge is 0.325 e. The average Bonchev–Trinajstić information content (AvgIpc) is 2.39. The van der Waals surface area contributed by atoms with Crippen molar-refractivity contribution in [3.05, 3.63) is 35.4 Å². The van der Waals surface area contributed by atoms with E-state index in [0.717, 1.165) is 11.1 Å². The van der Waals surface area contributed by atoms with E-state index in [-0.39, 0.29) is 5.92 Å². The molecule has 2 rings (SSSR count). The number of hydrogen-bond donors (Lipinski definition) is 2. The Labute approximate surface area is 117 Å². The first-order valence-electron chi connectivity index (χ1n) is 6.75. The van der Waals surface area contributed by atoms with Gasteiger partial charge in [-0.05, 0) is 25.3 Å². The van der Waals surface area contributed by atoms with Crippen LogP contribution in [0.3, 0.4) is 0 Å². The SMILES string of the molecule is Cc1cccc(C(C(=O)O)N2CCC(C(=O)O)CC2)c1. The third-order valence-electron chi connectivity index (χ3n) is 3.84. The number of piperidine rings is 1. The molecule has 1 heterocycles. The van der Waals surface area contributed by atoms with Crippen molar-refractivity contribution < 1.29 is 19.8 Å². The Morgan fingerprint density at radius 3 is 2.40 bits per heavy atom. The summed E-state index contributed by atoms with van der Waals surface area (Å²) in [6.07, 6.45) is 1.01. The zero-order valence-corrected chi connectivity index (χ0v) is 11.5. The molecule has 0 spiro atoms. The van der Waals surface area contributed by atoms with E-state index in [0.29, 0.717) is 25.9 Å². The lowest BCUT2D eigenvalue weighted by Gasteiger charge is -2.34. The number of aryl methyl sites for hydroxylation is 1. The summed E-state index contributed by atoms with van der Waals surface area (Å²) in [5.74, 6) is -2.02. The Balaban J connectivity index is 2.15. The van der Waals surface area contributed by atoms with Crippen LogP contribution in [-0.2, 0) is 9.59 Å². The minimum absolute atomic E-state index is 0.349. The van der Waals surface area contributed by atoms with Crippen LogP contribution in [0.1, 0.15) is 30.0 Å². The van der Waals surface area contributed by atoms with E-state index in [4.69, 9.17) is 5.11 Å². The summed E-state index contributed by atoms with van der Waals surface area (Å²) in [6.45, 7) is 2.93. The highest BCUT2D eigenvalue weighted by atomic mass is 16.4. The van der Waals surface area contributed by atoms with Crippen molar-refractivity contribution in [3.8, 4) is 0 Å². The van der Waals surface area contributed by atoms with E-state index in [1.807, 2.05) is 36.1 Å². The molecule has 1 aromatic rings. The highest BCUT2D eigenvalue weighted by molar-refractivity contribution is 5.76. The molecule has 20 heavy (non-hydrogen) atoms. The fourth-order valence-electron chi connectivity index (χ4n) is 2.75. The molecular formula is C15H19NO4. The van der Waals surface area contributed by atoms with E-state index in [2.05, 4.69) is 0 Å². The van der Waals surface area contributed by atoms with Crippen molar-refractivity contribution in [2.24, 2.45) is 5.92 Å². The number of benzene rings is 1. The molecule has 0 bridgehead atoms. The molecular weight excluding hydrogens is 258 g/mol. The largest absolute Gasteiger partial charge is 0.481 e. The molecule has 1 saturated heterocycles. The van der Waals surface area contributed by atoms with Gasteiger partial charge < -0.3 is 10.2 Å². The third-order valence-corrected chi connectivity index (χ3v) is 3.84. The Morgan fingerprint density at radius 2 is 1.90 bits per heavy atom. The number of carboxylic acids is 2. The summed E-state index contributed by atoms with van der Waals surface area (Å²) in [6, 6.07) is 6.78. The highest BCUT2D eigenvalue weighted by Crippen LogP contribution is 2.27. The maximum absolute atomic E-state index is 11.6. The lowest BCUT2D eigenvalue weighted by Crippen LogP contribution is -2.41. The van der Waals surface area contributed by atoms with Crippen molar-refractivity contribution in [2.45, 2.75) is 25.8 Å². The van der Waals surface area contributed by atoms with Crippen molar-refractivity contribution in [1.82, 2.24) is 4.90 Å². The van der Waals surface area contributed by atoms with Gasteiger partial charge in [-0.1, -0.05) is 29.8 Å². The number of nitrogens with zero attached hydrogens (tertiary/aromatic N) is 1. The van der Waals surface area contributed by atoms with Crippen molar-refractivity contribution in [2.75, 3.05) is 13.1 Å². The normalized spacial score (nSPS) is 18.6. The van der Waals surface area contributed by atoms with Gasteiger partial charge in [0.1, 0.15) is 6.04 Å². The zero-order valence-electron chi connectivity index (χ0n) is 11.5. The van der Waals surface area contributed by atoms with Gasteiger partial charge in [-0.25, -0.2) is 0 Å². The molecule has 0 aliphatic carbocycles. The van der Waals surface area contributed by atoms with E-state index in [9.17, 15) is 14.7 Å². The molecule has 1 unspecified atom stereocenters. The first-order chi connectivity index (χ1) is 9.49. The van der Waals surface area contributed by atoms with Crippen LogP contribution in [-0.4, -0.2) is 40.1 Å².